The van der Waals surface area contributed by atoms with Gasteiger partial charge in [-0.25, -0.2) is 0 Å². The van der Waals surface area contributed by atoms with Crippen LogP contribution in [0.1, 0.15) is 12.5 Å². The molecule has 0 saturated carbocycles. The smallest absolute Gasteiger partial charge is 0.245 e. The van der Waals surface area contributed by atoms with Crippen molar-refractivity contribution in [2.75, 3.05) is 38.3 Å². The fourth-order valence-corrected chi connectivity index (χ4v) is 2.30. The minimum Gasteiger partial charge on any atom is -0.378 e. The van der Waals surface area contributed by atoms with E-state index in [9.17, 15) is 4.79 Å². The molecule has 5 nitrogen and oxygen atoms in total. The molecule has 0 bridgehead atoms. The molecule has 0 radical (unpaired) electrons. The second kappa shape index (κ2) is 6.72. The predicted octanol–water partition coefficient (Wildman–Crippen LogP) is 0.829. The van der Waals surface area contributed by atoms with Gasteiger partial charge in [-0.05, 0) is 24.6 Å². The Morgan fingerprint density at radius 1 is 1.35 bits per heavy atom. The molecule has 1 unspecified atom stereocenters. The first kappa shape index (κ1) is 14.8. The van der Waals surface area contributed by atoms with Gasteiger partial charge < -0.3 is 20.3 Å². The predicted molar refractivity (Wildman–Crippen MR) is 79.6 cm³/mol. The maximum absolute atomic E-state index is 12.4. The molecule has 1 aliphatic heterocycles. The van der Waals surface area contributed by atoms with E-state index in [1.54, 1.807) is 0 Å². The second-order valence-corrected chi connectivity index (χ2v) is 5.10. The Morgan fingerprint density at radius 3 is 2.50 bits per heavy atom. The number of ether oxygens (including phenoxy) is 1. The third-order valence-electron chi connectivity index (χ3n) is 3.84. The van der Waals surface area contributed by atoms with Crippen LogP contribution in [0.15, 0.2) is 24.3 Å². The summed E-state index contributed by atoms with van der Waals surface area (Å²) in [6, 6.07) is 7.82. The topological polar surface area (TPSA) is 58.8 Å². The molecule has 1 saturated heterocycles. The molecular weight excluding hydrogens is 254 g/mol. The van der Waals surface area contributed by atoms with E-state index in [0.717, 1.165) is 11.3 Å². The average molecular weight is 277 g/mol. The quantitative estimate of drug-likeness (QED) is 0.885. The van der Waals surface area contributed by atoms with Crippen LogP contribution in [0.4, 0.5) is 5.69 Å². The fourth-order valence-electron chi connectivity index (χ4n) is 2.30. The molecule has 0 aliphatic carbocycles. The number of morpholine rings is 1. The summed E-state index contributed by atoms with van der Waals surface area (Å²) >= 11 is 0. The minimum absolute atomic E-state index is 0.152. The van der Waals surface area contributed by atoms with E-state index >= 15 is 0 Å². The van der Waals surface area contributed by atoms with Crippen molar-refractivity contribution in [1.82, 2.24) is 4.90 Å². The Morgan fingerprint density at radius 2 is 1.95 bits per heavy atom. The van der Waals surface area contributed by atoms with Gasteiger partial charge in [0.05, 0.1) is 13.2 Å². The van der Waals surface area contributed by atoms with E-state index in [4.69, 9.17) is 10.5 Å². The van der Waals surface area contributed by atoms with Crippen LogP contribution >= 0.6 is 0 Å². The first-order valence-corrected chi connectivity index (χ1v) is 7.02. The van der Waals surface area contributed by atoms with Gasteiger partial charge in [0.15, 0.2) is 0 Å². The van der Waals surface area contributed by atoms with E-state index < -0.39 is 0 Å². The Balaban J connectivity index is 2.02. The molecule has 110 valence electrons. The average Bonchev–Trinajstić information content (AvgIpc) is 2.53. The molecule has 1 amide bonds. The van der Waals surface area contributed by atoms with E-state index in [0.29, 0.717) is 32.8 Å². The van der Waals surface area contributed by atoms with Gasteiger partial charge >= 0.3 is 0 Å². The monoisotopic (exact) mass is 277 g/mol. The Bertz CT molecular complexity index is 441. The van der Waals surface area contributed by atoms with Gasteiger partial charge in [0.2, 0.25) is 5.91 Å². The van der Waals surface area contributed by atoms with Gasteiger partial charge in [-0.2, -0.15) is 0 Å². The number of amides is 1. The second-order valence-electron chi connectivity index (χ2n) is 5.10. The van der Waals surface area contributed by atoms with Crippen molar-refractivity contribution in [2.45, 2.75) is 19.5 Å². The Hall–Kier alpha value is -1.59. The Kier molecular flexibility index (Phi) is 4.98. The lowest BCUT2D eigenvalue weighted by Gasteiger charge is -2.33. The van der Waals surface area contributed by atoms with E-state index in [2.05, 4.69) is 0 Å². The highest BCUT2D eigenvalue weighted by molar-refractivity contribution is 5.84. The maximum atomic E-state index is 12.4. The maximum Gasteiger partial charge on any atom is 0.245 e. The lowest BCUT2D eigenvalue weighted by atomic mass is 10.1. The van der Waals surface area contributed by atoms with Crippen molar-refractivity contribution in [1.29, 1.82) is 0 Å². The number of benzene rings is 1. The zero-order valence-electron chi connectivity index (χ0n) is 12.2. The molecule has 2 N–H and O–H groups in total. The van der Waals surface area contributed by atoms with Crippen molar-refractivity contribution in [2.24, 2.45) is 5.73 Å². The zero-order valence-corrected chi connectivity index (χ0v) is 12.2. The SMILES string of the molecule is CC(C(=O)N1CCOCC1)N(C)c1ccc(CN)cc1. The van der Waals surface area contributed by atoms with Gasteiger partial charge in [0.25, 0.3) is 0 Å². The summed E-state index contributed by atoms with van der Waals surface area (Å²) in [5.74, 6) is 0.152. The number of nitrogens with two attached hydrogens (primary N) is 1. The van der Waals surface area contributed by atoms with Crippen LogP contribution in [0.2, 0.25) is 0 Å². The van der Waals surface area contributed by atoms with Gasteiger partial charge in [-0.15, -0.1) is 0 Å². The summed E-state index contributed by atoms with van der Waals surface area (Å²) in [5.41, 5.74) is 7.71. The van der Waals surface area contributed by atoms with Crippen molar-refractivity contribution < 1.29 is 9.53 Å². The molecule has 1 aromatic carbocycles. The first-order chi connectivity index (χ1) is 9.63. The number of hydrogen-bond acceptors (Lipinski definition) is 4. The number of anilines is 1. The summed E-state index contributed by atoms with van der Waals surface area (Å²) < 4.78 is 5.28. The van der Waals surface area contributed by atoms with Gasteiger partial charge in [-0.1, -0.05) is 12.1 Å². The van der Waals surface area contributed by atoms with Crippen LogP contribution in [0.5, 0.6) is 0 Å². The number of carbonyl (C=O) groups is 1. The molecule has 0 aromatic heterocycles. The molecule has 2 rings (SSSR count). The molecule has 5 heteroatoms. The van der Waals surface area contributed by atoms with Crippen LogP contribution in [0.25, 0.3) is 0 Å². The number of hydrogen-bond donors (Lipinski definition) is 1. The molecule has 20 heavy (non-hydrogen) atoms. The molecule has 1 aromatic rings. The van der Waals surface area contributed by atoms with Crippen LogP contribution in [-0.4, -0.2) is 50.2 Å². The summed E-state index contributed by atoms with van der Waals surface area (Å²) in [7, 11) is 1.94. The van der Waals surface area contributed by atoms with E-state index in [1.165, 1.54) is 0 Å². The van der Waals surface area contributed by atoms with Crippen molar-refractivity contribution in [3.8, 4) is 0 Å². The number of nitrogens with zero attached hydrogens (tertiary/aromatic N) is 2. The fraction of sp³-hybridized carbons (Fsp3) is 0.533. The third kappa shape index (κ3) is 3.29. The zero-order chi connectivity index (χ0) is 14.5. The first-order valence-electron chi connectivity index (χ1n) is 7.02. The Labute approximate surface area is 120 Å². The molecule has 1 aliphatic rings. The van der Waals surface area contributed by atoms with Crippen LogP contribution in [0, 0.1) is 0 Å². The standard InChI is InChI=1S/C15H23N3O2/c1-12(15(19)18-7-9-20-10-8-18)17(2)14-5-3-13(11-16)4-6-14/h3-6,12H,7-11,16H2,1-2H3. The number of carbonyl (C=O) groups excluding carboxylic acids is 1. The van der Waals surface area contributed by atoms with Crippen molar-refractivity contribution in [3.63, 3.8) is 0 Å². The van der Waals surface area contributed by atoms with Crippen LogP contribution in [-0.2, 0) is 16.1 Å². The molecular formula is C15H23N3O2. The van der Waals surface area contributed by atoms with Gasteiger partial charge in [-0.3, -0.25) is 4.79 Å². The number of rotatable bonds is 4. The number of likely N-dealkylation sites (N-methyl/N-ethyl adjacent to an activating group) is 1. The third-order valence-corrected chi connectivity index (χ3v) is 3.84. The highest BCUT2D eigenvalue weighted by atomic mass is 16.5. The van der Waals surface area contributed by atoms with Gasteiger partial charge in [0, 0.05) is 32.4 Å². The van der Waals surface area contributed by atoms with Gasteiger partial charge in [0.1, 0.15) is 6.04 Å². The minimum atomic E-state index is -0.183. The molecule has 1 atom stereocenters. The summed E-state index contributed by atoms with van der Waals surface area (Å²) in [4.78, 5) is 16.3. The summed E-state index contributed by atoms with van der Waals surface area (Å²) in [6.45, 7) is 5.11. The molecule has 1 fully saturated rings. The van der Waals surface area contributed by atoms with Crippen LogP contribution in [0.3, 0.4) is 0 Å². The van der Waals surface area contributed by atoms with E-state index in [1.807, 2.05) is 48.0 Å². The highest BCUT2D eigenvalue weighted by Crippen LogP contribution is 2.17. The van der Waals surface area contributed by atoms with Crippen molar-refractivity contribution in [3.05, 3.63) is 29.8 Å². The molecule has 1 heterocycles. The largest absolute Gasteiger partial charge is 0.378 e. The summed E-state index contributed by atoms with van der Waals surface area (Å²) in [5, 5.41) is 0. The normalized spacial score (nSPS) is 16.9. The summed E-state index contributed by atoms with van der Waals surface area (Å²) in [6.07, 6.45) is 0. The van der Waals surface area contributed by atoms with Crippen molar-refractivity contribution >= 4 is 11.6 Å². The van der Waals surface area contributed by atoms with E-state index in [-0.39, 0.29) is 11.9 Å². The molecule has 0 spiro atoms. The lowest BCUT2D eigenvalue weighted by Crippen LogP contribution is -2.49. The lowest BCUT2D eigenvalue weighted by molar-refractivity contribution is -0.136. The van der Waals surface area contributed by atoms with Crippen LogP contribution < -0.4 is 10.6 Å². The highest BCUT2D eigenvalue weighted by Gasteiger charge is 2.25.